The fraction of sp³-hybridized carbons (Fsp3) is 0.278. The van der Waals surface area contributed by atoms with Crippen molar-refractivity contribution in [2.45, 2.75) is 11.4 Å². The number of hydrogen-bond donors (Lipinski definition) is 0. The smallest absolute Gasteiger partial charge is 0.210 e. The molecule has 0 saturated heterocycles. The number of carbonyl (C=O) groups excluding carboxylic acids is 1. The summed E-state index contributed by atoms with van der Waals surface area (Å²) in [5.74, 6) is 1.10. The van der Waals surface area contributed by atoms with Gasteiger partial charge in [-0.25, -0.2) is 8.42 Å². The van der Waals surface area contributed by atoms with E-state index >= 15 is 0 Å². The van der Waals surface area contributed by atoms with E-state index in [9.17, 15) is 13.2 Å². The predicted molar refractivity (Wildman–Crippen MR) is 94.5 cm³/mol. The van der Waals surface area contributed by atoms with E-state index in [0.717, 1.165) is 5.56 Å². The van der Waals surface area contributed by atoms with Crippen LogP contribution in [0.1, 0.15) is 5.56 Å². The van der Waals surface area contributed by atoms with Crippen molar-refractivity contribution in [2.75, 3.05) is 26.5 Å². The molecule has 0 bridgehead atoms. The van der Waals surface area contributed by atoms with Gasteiger partial charge in [0, 0.05) is 18.7 Å². The molecular weight excluding hydrogens is 342 g/mol. The SMILES string of the molecule is COc1ccc(OC)c(CN(C=O)CCS(=O)(=O)c2ccccc2)c1. The number of benzene rings is 2. The second-order valence-electron chi connectivity index (χ2n) is 5.39. The van der Waals surface area contributed by atoms with Crippen molar-refractivity contribution in [3.63, 3.8) is 0 Å². The van der Waals surface area contributed by atoms with Crippen LogP contribution in [0.4, 0.5) is 0 Å². The quantitative estimate of drug-likeness (QED) is 0.638. The van der Waals surface area contributed by atoms with Crippen molar-refractivity contribution in [3.05, 3.63) is 54.1 Å². The van der Waals surface area contributed by atoms with Crippen LogP contribution in [0.5, 0.6) is 11.5 Å². The van der Waals surface area contributed by atoms with Gasteiger partial charge in [0.2, 0.25) is 6.41 Å². The number of sulfone groups is 1. The summed E-state index contributed by atoms with van der Waals surface area (Å²) in [6, 6.07) is 13.5. The van der Waals surface area contributed by atoms with Crippen molar-refractivity contribution < 1.29 is 22.7 Å². The standard InChI is InChI=1S/C18H21NO5S/c1-23-16-8-9-18(24-2)15(12-16)13-19(14-20)10-11-25(21,22)17-6-4-3-5-7-17/h3-9,12,14H,10-11,13H2,1-2H3. The lowest BCUT2D eigenvalue weighted by molar-refractivity contribution is -0.118. The van der Waals surface area contributed by atoms with Gasteiger partial charge in [-0.05, 0) is 30.3 Å². The molecule has 0 unspecified atom stereocenters. The normalized spacial score (nSPS) is 11.0. The Morgan fingerprint density at radius 2 is 1.76 bits per heavy atom. The van der Waals surface area contributed by atoms with E-state index in [-0.39, 0.29) is 23.7 Å². The molecule has 25 heavy (non-hydrogen) atoms. The van der Waals surface area contributed by atoms with E-state index in [2.05, 4.69) is 0 Å². The van der Waals surface area contributed by atoms with Crippen LogP contribution >= 0.6 is 0 Å². The Kier molecular flexibility index (Phi) is 6.41. The minimum atomic E-state index is -3.44. The minimum Gasteiger partial charge on any atom is -0.497 e. The summed E-state index contributed by atoms with van der Waals surface area (Å²) in [5, 5.41) is 0. The molecule has 0 aliphatic carbocycles. The zero-order valence-electron chi connectivity index (χ0n) is 14.2. The van der Waals surface area contributed by atoms with Crippen LogP contribution < -0.4 is 9.47 Å². The number of methoxy groups -OCH3 is 2. The van der Waals surface area contributed by atoms with Crippen LogP contribution in [-0.2, 0) is 21.2 Å². The van der Waals surface area contributed by atoms with Gasteiger partial charge in [-0.15, -0.1) is 0 Å². The first-order chi connectivity index (χ1) is 12.0. The number of hydrogen-bond acceptors (Lipinski definition) is 5. The maximum atomic E-state index is 12.3. The van der Waals surface area contributed by atoms with Crippen molar-refractivity contribution in [3.8, 4) is 11.5 Å². The van der Waals surface area contributed by atoms with Gasteiger partial charge >= 0.3 is 0 Å². The van der Waals surface area contributed by atoms with E-state index in [1.165, 1.54) is 12.0 Å². The molecule has 0 saturated carbocycles. The van der Waals surface area contributed by atoms with Crippen LogP contribution in [0.15, 0.2) is 53.4 Å². The van der Waals surface area contributed by atoms with Gasteiger partial charge in [0.05, 0.1) is 24.9 Å². The van der Waals surface area contributed by atoms with Gasteiger partial charge in [0.1, 0.15) is 11.5 Å². The molecule has 0 aliphatic rings. The number of carbonyl (C=O) groups is 1. The predicted octanol–water partition coefficient (Wildman–Crippen LogP) is 2.14. The maximum absolute atomic E-state index is 12.3. The molecule has 2 rings (SSSR count). The molecule has 0 aliphatic heterocycles. The van der Waals surface area contributed by atoms with Crippen molar-refractivity contribution in [1.29, 1.82) is 0 Å². The summed E-state index contributed by atoms with van der Waals surface area (Å²) in [7, 11) is -0.354. The van der Waals surface area contributed by atoms with E-state index in [0.29, 0.717) is 17.9 Å². The van der Waals surface area contributed by atoms with Gasteiger partial charge in [-0.1, -0.05) is 18.2 Å². The van der Waals surface area contributed by atoms with Gasteiger partial charge in [0.15, 0.2) is 9.84 Å². The highest BCUT2D eigenvalue weighted by Crippen LogP contribution is 2.25. The summed E-state index contributed by atoms with van der Waals surface area (Å²) >= 11 is 0. The zero-order valence-corrected chi connectivity index (χ0v) is 15.0. The van der Waals surface area contributed by atoms with Crippen LogP contribution in [0.3, 0.4) is 0 Å². The second kappa shape index (κ2) is 8.53. The summed E-state index contributed by atoms with van der Waals surface area (Å²) in [5.41, 5.74) is 0.742. The molecule has 0 radical (unpaired) electrons. The highest BCUT2D eigenvalue weighted by atomic mass is 32.2. The second-order valence-corrected chi connectivity index (χ2v) is 7.49. The molecule has 1 amide bonds. The highest BCUT2D eigenvalue weighted by Gasteiger charge is 2.17. The molecule has 2 aromatic carbocycles. The van der Waals surface area contributed by atoms with Crippen molar-refractivity contribution >= 4 is 16.2 Å². The summed E-state index contributed by atoms with van der Waals surface area (Å²) in [4.78, 5) is 13.0. The number of ether oxygens (including phenoxy) is 2. The third-order valence-corrected chi connectivity index (χ3v) is 5.47. The minimum absolute atomic E-state index is 0.0844. The highest BCUT2D eigenvalue weighted by molar-refractivity contribution is 7.91. The fourth-order valence-corrected chi connectivity index (χ4v) is 3.66. The largest absolute Gasteiger partial charge is 0.497 e. The fourth-order valence-electron chi connectivity index (χ4n) is 2.38. The molecule has 0 heterocycles. The molecule has 0 spiro atoms. The Balaban J connectivity index is 2.10. The van der Waals surface area contributed by atoms with Crippen LogP contribution in [-0.4, -0.2) is 46.2 Å². The molecule has 6 nitrogen and oxygen atoms in total. The molecule has 0 fully saturated rings. The lowest BCUT2D eigenvalue weighted by atomic mass is 10.1. The van der Waals surface area contributed by atoms with E-state index in [1.54, 1.807) is 55.6 Å². The van der Waals surface area contributed by atoms with Gasteiger partial charge in [-0.3, -0.25) is 4.79 Å². The molecule has 0 atom stereocenters. The van der Waals surface area contributed by atoms with E-state index < -0.39 is 9.84 Å². The Hall–Kier alpha value is -2.54. The molecular formula is C18H21NO5S. The van der Waals surface area contributed by atoms with Crippen molar-refractivity contribution in [1.82, 2.24) is 4.90 Å². The first-order valence-electron chi connectivity index (χ1n) is 7.68. The first-order valence-corrected chi connectivity index (χ1v) is 9.33. The summed E-state index contributed by atoms with van der Waals surface area (Å²) < 4.78 is 35.2. The molecule has 0 N–H and O–H groups in total. The number of nitrogens with zero attached hydrogens (tertiary/aromatic N) is 1. The van der Waals surface area contributed by atoms with Gasteiger partial charge < -0.3 is 14.4 Å². The van der Waals surface area contributed by atoms with Gasteiger partial charge in [-0.2, -0.15) is 0 Å². The van der Waals surface area contributed by atoms with E-state index in [1.807, 2.05) is 0 Å². The molecule has 2 aromatic rings. The van der Waals surface area contributed by atoms with Crippen LogP contribution in [0.2, 0.25) is 0 Å². The Morgan fingerprint density at radius 1 is 1.04 bits per heavy atom. The van der Waals surface area contributed by atoms with Crippen molar-refractivity contribution in [2.24, 2.45) is 0 Å². The summed E-state index contributed by atoms with van der Waals surface area (Å²) in [6.07, 6.45) is 0.638. The average molecular weight is 363 g/mol. The maximum Gasteiger partial charge on any atom is 0.210 e. The van der Waals surface area contributed by atoms with Crippen LogP contribution in [0, 0.1) is 0 Å². The third kappa shape index (κ3) is 4.96. The molecule has 7 heteroatoms. The topological polar surface area (TPSA) is 72.9 Å². The lowest BCUT2D eigenvalue weighted by Crippen LogP contribution is -2.28. The van der Waals surface area contributed by atoms with Gasteiger partial charge in [0.25, 0.3) is 0 Å². The molecule has 134 valence electrons. The first kappa shape index (κ1) is 18.8. The number of rotatable bonds is 9. The monoisotopic (exact) mass is 363 g/mol. The Bertz CT molecular complexity index is 805. The van der Waals surface area contributed by atoms with Crippen LogP contribution in [0.25, 0.3) is 0 Å². The Labute approximate surface area is 147 Å². The van der Waals surface area contributed by atoms with E-state index in [4.69, 9.17) is 9.47 Å². The lowest BCUT2D eigenvalue weighted by Gasteiger charge is -2.19. The third-order valence-electron chi connectivity index (χ3n) is 3.76. The Morgan fingerprint density at radius 3 is 2.36 bits per heavy atom. The molecule has 0 aromatic heterocycles. The summed E-state index contributed by atoms with van der Waals surface area (Å²) in [6.45, 7) is 0.315. The number of amides is 1. The average Bonchev–Trinajstić information content (AvgIpc) is 2.65. The zero-order chi connectivity index (χ0) is 18.3.